The zero-order chi connectivity index (χ0) is 37.7. The molecule has 3 heterocycles. The summed E-state index contributed by atoms with van der Waals surface area (Å²) in [5, 5.41) is 116. The van der Waals surface area contributed by atoms with Gasteiger partial charge in [0.2, 0.25) is 0 Å². The van der Waals surface area contributed by atoms with Gasteiger partial charge in [-0.2, -0.15) is 0 Å². The first-order valence-electron chi connectivity index (χ1n) is 15.7. The Hall–Kier alpha value is -4.37. The number of carbonyl (C=O) groups is 2. The van der Waals surface area contributed by atoms with Gasteiger partial charge in [-0.15, -0.1) is 0 Å². The van der Waals surface area contributed by atoms with Gasteiger partial charge in [0.1, 0.15) is 89.9 Å². The summed E-state index contributed by atoms with van der Waals surface area (Å²) in [6, 6.07) is 6.26. The Labute approximate surface area is 287 Å². The van der Waals surface area contributed by atoms with Gasteiger partial charge in [0.15, 0.2) is 11.0 Å². The number of rotatable bonds is 9. The molecule has 0 bridgehead atoms. The van der Waals surface area contributed by atoms with Crippen LogP contribution in [-0.4, -0.2) is 129 Å². The summed E-state index contributed by atoms with van der Waals surface area (Å²) in [4.78, 5) is 37.2. The lowest BCUT2D eigenvalue weighted by molar-refractivity contribution is -0.235. The second kappa shape index (κ2) is 14.3. The average molecular weight is 723 g/mol. The Morgan fingerprint density at radius 3 is 2.00 bits per heavy atom. The molecule has 18 nitrogen and oxygen atoms in total. The van der Waals surface area contributed by atoms with E-state index in [1.807, 2.05) is 0 Å². The summed E-state index contributed by atoms with van der Waals surface area (Å²) < 4.78 is 22.5. The predicted molar refractivity (Wildman–Crippen MR) is 168 cm³/mol. The van der Waals surface area contributed by atoms with Crippen LogP contribution in [0.5, 0.6) is 17.2 Å². The van der Waals surface area contributed by atoms with Crippen LogP contribution in [0.4, 0.5) is 0 Å². The van der Waals surface area contributed by atoms with Gasteiger partial charge in [0.05, 0.1) is 35.7 Å². The number of hydrogen-bond donors (Lipinski definition) is 11. The maximum Gasteiger partial charge on any atom is 0.308 e. The van der Waals surface area contributed by atoms with Crippen LogP contribution in [0.25, 0.3) is 22.3 Å². The molecule has 278 valence electrons. The summed E-state index contributed by atoms with van der Waals surface area (Å²) in [6.45, 7) is 1.55. The minimum absolute atomic E-state index is 0.126. The molecule has 5 rings (SSSR count). The van der Waals surface area contributed by atoms with Gasteiger partial charge in [0.25, 0.3) is 0 Å². The second-order valence-corrected chi connectivity index (χ2v) is 13.0. The molecule has 11 unspecified atom stereocenters. The van der Waals surface area contributed by atoms with Gasteiger partial charge in [0, 0.05) is 11.6 Å². The molecule has 2 saturated heterocycles. The summed E-state index contributed by atoms with van der Waals surface area (Å²) in [5.74, 6) is -4.84. The number of aromatic hydroxyl groups is 3. The summed E-state index contributed by atoms with van der Waals surface area (Å²) in [6.07, 6.45) is -19.9. The molecule has 2 aromatic carbocycles. The third-order valence-electron chi connectivity index (χ3n) is 8.95. The SMILES string of the molecule is CC1OC(c2c(O)c(C3OC(COC(=O)CC(C)(O)CC(=O)O)C(O)C(O)C3O)c3oc(-c4ccc(O)cc4)cc(=O)c3c2O)C(O)C(O)C1O. The van der Waals surface area contributed by atoms with Crippen LogP contribution < -0.4 is 5.43 Å². The van der Waals surface area contributed by atoms with Crippen LogP contribution in [0.15, 0.2) is 39.5 Å². The lowest BCUT2D eigenvalue weighted by Gasteiger charge is -2.42. The third-order valence-corrected chi connectivity index (χ3v) is 8.95. The molecular weight excluding hydrogens is 684 g/mol. The van der Waals surface area contributed by atoms with E-state index < -0.39 is 137 Å². The van der Waals surface area contributed by atoms with Crippen molar-refractivity contribution >= 4 is 22.9 Å². The number of fused-ring (bicyclic) bond motifs is 1. The highest BCUT2D eigenvalue weighted by atomic mass is 16.6. The van der Waals surface area contributed by atoms with Gasteiger partial charge in [-0.3, -0.25) is 14.4 Å². The number of esters is 1. The number of aliphatic hydroxyl groups is 7. The van der Waals surface area contributed by atoms with Gasteiger partial charge < -0.3 is 74.8 Å². The van der Waals surface area contributed by atoms with Gasteiger partial charge in [-0.1, -0.05) is 0 Å². The molecular formula is C33H38O18. The molecule has 2 aliphatic rings. The standard InChI is InChI=1S/C33H38O18/c1-11-22(39)26(43)28(45)31(49-11)20-24(41)19-14(35)7-15(12-3-5-13(34)6-4-12)50-30(19)21(25(20)42)32-29(46)27(44)23(40)16(51-32)10-48-18(38)9-33(2,47)8-17(36)37/h3-7,11,16,22-23,26-29,31-32,34,39-47H,8-10H2,1-2H3,(H,36,37). The predicted octanol–water partition coefficient (Wildman–Crippen LogP) is -1.20. The van der Waals surface area contributed by atoms with E-state index in [2.05, 4.69) is 0 Å². The van der Waals surface area contributed by atoms with E-state index >= 15 is 0 Å². The van der Waals surface area contributed by atoms with Crippen molar-refractivity contribution in [1.29, 1.82) is 0 Å². The average Bonchev–Trinajstić information content (AvgIpc) is 3.04. The van der Waals surface area contributed by atoms with E-state index in [0.29, 0.717) is 0 Å². The molecule has 2 fully saturated rings. The molecule has 51 heavy (non-hydrogen) atoms. The molecule has 0 amide bonds. The number of hydrogen-bond acceptors (Lipinski definition) is 17. The van der Waals surface area contributed by atoms with Crippen molar-refractivity contribution in [3.8, 4) is 28.6 Å². The Morgan fingerprint density at radius 2 is 1.39 bits per heavy atom. The number of carbonyl (C=O) groups excluding carboxylic acids is 1. The number of benzene rings is 2. The van der Waals surface area contributed by atoms with Crippen LogP contribution in [0.3, 0.4) is 0 Å². The number of ether oxygens (including phenoxy) is 3. The van der Waals surface area contributed by atoms with Crippen molar-refractivity contribution in [1.82, 2.24) is 0 Å². The van der Waals surface area contributed by atoms with E-state index in [4.69, 9.17) is 23.7 Å². The number of aliphatic hydroxyl groups excluding tert-OH is 6. The molecule has 2 aliphatic heterocycles. The van der Waals surface area contributed by atoms with Gasteiger partial charge >= 0.3 is 11.9 Å². The molecule has 0 saturated carbocycles. The Balaban J connectivity index is 1.65. The van der Waals surface area contributed by atoms with Crippen molar-refractivity contribution in [3.63, 3.8) is 0 Å². The molecule has 3 aromatic rings. The topological polar surface area (TPSA) is 315 Å². The van der Waals surface area contributed by atoms with Crippen molar-refractivity contribution in [3.05, 3.63) is 51.7 Å². The molecule has 11 atom stereocenters. The van der Waals surface area contributed by atoms with E-state index in [9.17, 15) is 65.4 Å². The Morgan fingerprint density at radius 1 is 0.804 bits per heavy atom. The molecule has 0 aliphatic carbocycles. The fourth-order valence-electron chi connectivity index (χ4n) is 6.25. The zero-order valence-corrected chi connectivity index (χ0v) is 27.1. The number of carboxylic acids is 1. The Kier molecular flexibility index (Phi) is 10.6. The number of phenolic OH excluding ortho intramolecular Hbond substituents is 3. The fourth-order valence-corrected chi connectivity index (χ4v) is 6.25. The summed E-state index contributed by atoms with van der Waals surface area (Å²) >= 11 is 0. The highest BCUT2D eigenvalue weighted by Crippen LogP contribution is 2.51. The van der Waals surface area contributed by atoms with E-state index in [0.717, 1.165) is 13.0 Å². The summed E-state index contributed by atoms with van der Waals surface area (Å²) in [5.41, 5.74) is -4.67. The van der Waals surface area contributed by atoms with Crippen LogP contribution in [0, 0.1) is 0 Å². The minimum atomic E-state index is -2.12. The number of carboxylic acid groups (broad SMARTS) is 1. The van der Waals surface area contributed by atoms with E-state index in [1.54, 1.807) is 0 Å². The van der Waals surface area contributed by atoms with Gasteiger partial charge in [-0.25, -0.2) is 0 Å². The maximum atomic E-state index is 13.7. The largest absolute Gasteiger partial charge is 0.508 e. The quantitative estimate of drug-likeness (QED) is 0.116. The second-order valence-electron chi connectivity index (χ2n) is 13.0. The molecule has 0 spiro atoms. The lowest BCUT2D eigenvalue weighted by Crippen LogP contribution is -2.55. The monoisotopic (exact) mass is 722 g/mol. The van der Waals surface area contributed by atoms with Crippen LogP contribution >= 0.6 is 0 Å². The first-order valence-corrected chi connectivity index (χ1v) is 15.7. The van der Waals surface area contributed by atoms with Crippen LogP contribution in [-0.2, 0) is 23.8 Å². The molecule has 0 radical (unpaired) electrons. The summed E-state index contributed by atoms with van der Waals surface area (Å²) in [7, 11) is 0. The van der Waals surface area contributed by atoms with Crippen LogP contribution in [0.2, 0.25) is 0 Å². The normalized spacial score (nSPS) is 30.8. The molecule has 11 N–H and O–H groups in total. The molecule has 1 aromatic heterocycles. The smallest absolute Gasteiger partial charge is 0.308 e. The first kappa shape index (κ1) is 37.9. The van der Waals surface area contributed by atoms with Crippen molar-refractivity contribution in [2.75, 3.05) is 6.61 Å². The van der Waals surface area contributed by atoms with Crippen molar-refractivity contribution in [2.24, 2.45) is 0 Å². The first-order chi connectivity index (χ1) is 23.8. The highest BCUT2D eigenvalue weighted by Gasteiger charge is 2.50. The third kappa shape index (κ3) is 7.36. The molecule has 18 heteroatoms. The maximum absolute atomic E-state index is 13.7. The van der Waals surface area contributed by atoms with Gasteiger partial charge in [-0.05, 0) is 38.1 Å². The highest BCUT2D eigenvalue weighted by molar-refractivity contribution is 5.92. The lowest BCUT2D eigenvalue weighted by atomic mass is 9.85. The van der Waals surface area contributed by atoms with Crippen molar-refractivity contribution < 1.29 is 84.4 Å². The number of phenols is 3. The number of aliphatic carboxylic acids is 1. The zero-order valence-electron chi connectivity index (χ0n) is 27.1. The fraction of sp³-hybridized carbons (Fsp3) is 0.485. The van der Waals surface area contributed by atoms with Crippen molar-refractivity contribution in [2.45, 2.75) is 93.3 Å². The van der Waals surface area contributed by atoms with Crippen LogP contribution in [0.1, 0.15) is 50.0 Å². The Bertz CT molecular complexity index is 1840. The van der Waals surface area contributed by atoms with E-state index in [1.165, 1.54) is 31.2 Å². The van der Waals surface area contributed by atoms with E-state index in [-0.39, 0.29) is 17.1 Å². The minimum Gasteiger partial charge on any atom is -0.508 e.